The van der Waals surface area contributed by atoms with E-state index in [1.807, 2.05) is 140 Å². The summed E-state index contributed by atoms with van der Waals surface area (Å²) in [6.07, 6.45) is -1.32. The zero-order valence-corrected chi connectivity index (χ0v) is 34.1. The van der Waals surface area contributed by atoms with Gasteiger partial charge in [0, 0.05) is 5.92 Å². The fraction of sp³-hybridized carbons (Fsp3) is 0.250. The molecule has 13 nitrogen and oxygen atoms in total. The molecule has 1 aliphatic carbocycles. The summed E-state index contributed by atoms with van der Waals surface area (Å²) in [5.41, 5.74) is 10.9. The Morgan fingerprint density at radius 3 is 1.56 bits per heavy atom. The molecule has 6 N–H and O–H groups in total. The predicted octanol–water partition coefficient (Wildman–Crippen LogP) is 5.07. The molecule has 5 amide bonds. The second kappa shape index (κ2) is 19.6. The molecule has 314 valence electrons. The van der Waals surface area contributed by atoms with Crippen LogP contribution in [0.25, 0.3) is 11.1 Å². The molecule has 0 bridgehead atoms. The highest BCUT2D eigenvalue weighted by Gasteiger charge is 2.39. The topological polar surface area (TPSA) is 195 Å². The van der Waals surface area contributed by atoms with Crippen molar-refractivity contribution in [3.63, 3.8) is 0 Å². The van der Waals surface area contributed by atoms with E-state index in [0.717, 1.165) is 38.9 Å². The number of nitrogens with one attached hydrogen (secondary N) is 4. The molecule has 5 aromatic carbocycles. The smallest absolute Gasteiger partial charge is 0.407 e. The maximum atomic E-state index is 13.9. The Hall–Kier alpha value is -7.28. The number of ether oxygens (including phenoxy) is 2. The van der Waals surface area contributed by atoms with Gasteiger partial charge in [0.05, 0.1) is 6.42 Å². The van der Waals surface area contributed by atoms with Crippen LogP contribution in [0.15, 0.2) is 140 Å². The third-order valence-corrected chi connectivity index (χ3v) is 10.6. The Kier molecular flexibility index (Phi) is 13.9. The van der Waals surface area contributed by atoms with Gasteiger partial charge in [-0.2, -0.15) is 0 Å². The van der Waals surface area contributed by atoms with Crippen LogP contribution in [0.3, 0.4) is 0 Å². The summed E-state index contributed by atoms with van der Waals surface area (Å²) < 4.78 is 10.8. The standard InChI is InChI=1S/C48H49N5O8/c1-30(2)43(52-47(59)61-28-39-37-25-15-13-23-35(37)36-24-14-16-26-38(36)39)45(57)50-31(3)46(58)60-29-42(55)51-40(44(49)56)27-41(54)53-48(32-17-7-4-8-18-32,33-19-9-5-10-20-33)34-21-11-6-12-22-34/h4-26,30-31,39-40,43H,27-29H2,1-3H3,(H2,49,56)(H,50,57)(H,51,55)(H,52,59)(H,53,54)/t31-,40-,43-/m0/s1. The molecule has 0 heterocycles. The molecule has 13 heteroatoms. The number of fused-ring (bicyclic) bond motifs is 3. The number of alkyl carbamates (subject to hydrolysis) is 1. The van der Waals surface area contributed by atoms with Crippen LogP contribution in [0.2, 0.25) is 0 Å². The lowest BCUT2D eigenvalue weighted by molar-refractivity contribution is -0.151. The lowest BCUT2D eigenvalue weighted by atomic mass is 9.77. The third kappa shape index (κ3) is 10.1. The van der Waals surface area contributed by atoms with Crippen molar-refractivity contribution in [3.8, 4) is 11.1 Å². The van der Waals surface area contributed by atoms with E-state index in [9.17, 15) is 28.8 Å². The molecular weight excluding hydrogens is 775 g/mol. The van der Waals surface area contributed by atoms with Gasteiger partial charge in [0.1, 0.15) is 30.3 Å². The number of benzene rings is 5. The number of primary amides is 1. The number of nitrogens with two attached hydrogens (primary N) is 1. The molecule has 1 aliphatic rings. The van der Waals surface area contributed by atoms with Gasteiger partial charge >= 0.3 is 12.1 Å². The summed E-state index contributed by atoms with van der Waals surface area (Å²) in [5, 5.41) is 10.6. The average Bonchev–Trinajstić information content (AvgIpc) is 3.59. The van der Waals surface area contributed by atoms with Crippen molar-refractivity contribution < 1.29 is 38.2 Å². The van der Waals surface area contributed by atoms with Gasteiger partial charge in [-0.3, -0.25) is 19.2 Å². The van der Waals surface area contributed by atoms with Gasteiger partial charge in [-0.05, 0) is 51.8 Å². The molecular formula is C48H49N5O8. The molecule has 0 saturated heterocycles. The van der Waals surface area contributed by atoms with E-state index in [-0.39, 0.29) is 12.5 Å². The van der Waals surface area contributed by atoms with Gasteiger partial charge in [0.15, 0.2) is 6.61 Å². The Morgan fingerprint density at radius 1 is 0.607 bits per heavy atom. The summed E-state index contributed by atoms with van der Waals surface area (Å²) in [6.45, 7) is 4.02. The summed E-state index contributed by atoms with van der Waals surface area (Å²) >= 11 is 0. The first-order chi connectivity index (χ1) is 29.4. The van der Waals surface area contributed by atoms with Crippen LogP contribution in [0.4, 0.5) is 4.79 Å². The fourth-order valence-electron chi connectivity index (χ4n) is 7.61. The number of carbonyl (C=O) groups is 6. The zero-order valence-electron chi connectivity index (χ0n) is 34.1. The Morgan fingerprint density at radius 2 is 1.08 bits per heavy atom. The molecule has 0 unspecified atom stereocenters. The highest BCUT2D eigenvalue weighted by molar-refractivity contribution is 5.93. The van der Waals surface area contributed by atoms with Crippen molar-refractivity contribution in [2.24, 2.45) is 11.7 Å². The summed E-state index contributed by atoms with van der Waals surface area (Å²) in [5.74, 6) is -4.68. The zero-order chi connectivity index (χ0) is 43.5. The van der Waals surface area contributed by atoms with Gasteiger partial charge in [-0.1, -0.05) is 153 Å². The number of hydrogen-bond acceptors (Lipinski definition) is 8. The van der Waals surface area contributed by atoms with Crippen molar-refractivity contribution in [1.82, 2.24) is 21.3 Å². The van der Waals surface area contributed by atoms with E-state index in [4.69, 9.17) is 15.2 Å². The van der Waals surface area contributed by atoms with Gasteiger partial charge in [-0.25, -0.2) is 9.59 Å². The summed E-state index contributed by atoms with van der Waals surface area (Å²) in [6, 6.07) is 40.1. The molecule has 0 aromatic heterocycles. The van der Waals surface area contributed by atoms with Crippen LogP contribution >= 0.6 is 0 Å². The summed E-state index contributed by atoms with van der Waals surface area (Å²) in [7, 11) is 0. The minimum atomic E-state index is -1.46. The first-order valence-corrected chi connectivity index (χ1v) is 20.0. The molecule has 6 rings (SSSR count). The maximum Gasteiger partial charge on any atom is 0.407 e. The van der Waals surface area contributed by atoms with Gasteiger partial charge in [0.25, 0.3) is 5.91 Å². The molecule has 0 spiro atoms. The van der Waals surface area contributed by atoms with E-state index >= 15 is 0 Å². The van der Waals surface area contributed by atoms with Crippen molar-refractivity contribution in [1.29, 1.82) is 0 Å². The monoisotopic (exact) mass is 823 g/mol. The second-order valence-corrected chi connectivity index (χ2v) is 15.2. The molecule has 0 radical (unpaired) electrons. The largest absolute Gasteiger partial charge is 0.454 e. The van der Waals surface area contributed by atoms with E-state index < -0.39 is 78.3 Å². The number of amides is 5. The Labute approximate surface area is 354 Å². The first kappa shape index (κ1) is 43.3. The van der Waals surface area contributed by atoms with Crippen LogP contribution in [0.5, 0.6) is 0 Å². The maximum absolute atomic E-state index is 13.9. The van der Waals surface area contributed by atoms with Crippen molar-refractivity contribution in [2.75, 3.05) is 13.2 Å². The first-order valence-electron chi connectivity index (χ1n) is 20.0. The van der Waals surface area contributed by atoms with Crippen LogP contribution in [0, 0.1) is 5.92 Å². The van der Waals surface area contributed by atoms with E-state index in [1.54, 1.807) is 13.8 Å². The van der Waals surface area contributed by atoms with Crippen molar-refractivity contribution in [3.05, 3.63) is 167 Å². The summed E-state index contributed by atoms with van der Waals surface area (Å²) in [4.78, 5) is 78.6. The highest BCUT2D eigenvalue weighted by Crippen LogP contribution is 2.44. The third-order valence-electron chi connectivity index (χ3n) is 10.6. The highest BCUT2D eigenvalue weighted by atomic mass is 16.5. The minimum Gasteiger partial charge on any atom is -0.454 e. The Bertz CT molecular complexity index is 2210. The Balaban J connectivity index is 1.02. The molecule has 61 heavy (non-hydrogen) atoms. The molecule has 5 aromatic rings. The van der Waals surface area contributed by atoms with E-state index in [0.29, 0.717) is 0 Å². The van der Waals surface area contributed by atoms with E-state index in [1.165, 1.54) is 6.92 Å². The molecule has 0 fully saturated rings. The fourth-order valence-corrected chi connectivity index (χ4v) is 7.61. The van der Waals surface area contributed by atoms with Crippen LogP contribution in [-0.2, 0) is 39.0 Å². The van der Waals surface area contributed by atoms with Crippen molar-refractivity contribution in [2.45, 2.75) is 56.8 Å². The number of esters is 1. The molecule has 0 aliphatic heterocycles. The number of carbonyl (C=O) groups excluding carboxylic acids is 6. The quantitative estimate of drug-likeness (QED) is 0.0634. The van der Waals surface area contributed by atoms with Crippen LogP contribution < -0.4 is 27.0 Å². The van der Waals surface area contributed by atoms with Crippen LogP contribution in [0.1, 0.15) is 60.9 Å². The number of rotatable bonds is 17. The van der Waals surface area contributed by atoms with E-state index in [2.05, 4.69) is 21.3 Å². The van der Waals surface area contributed by atoms with Gasteiger partial charge in [0.2, 0.25) is 17.7 Å². The lowest BCUT2D eigenvalue weighted by Gasteiger charge is -2.37. The van der Waals surface area contributed by atoms with Gasteiger partial charge < -0.3 is 36.5 Å². The second-order valence-electron chi connectivity index (χ2n) is 15.2. The normalized spacial score (nSPS) is 13.4. The SMILES string of the molecule is CC(C)[C@H](NC(=O)OCC1c2ccccc2-c2ccccc21)C(=O)N[C@@H](C)C(=O)OCC(=O)N[C@@H](CC(=O)NC(c1ccccc1)(c1ccccc1)c1ccccc1)C(N)=O. The predicted molar refractivity (Wildman–Crippen MR) is 228 cm³/mol. The minimum absolute atomic E-state index is 0.0498. The van der Waals surface area contributed by atoms with Crippen LogP contribution in [-0.4, -0.2) is 67.0 Å². The molecule has 0 saturated carbocycles. The van der Waals surface area contributed by atoms with Crippen molar-refractivity contribution >= 4 is 35.7 Å². The van der Waals surface area contributed by atoms with Gasteiger partial charge in [-0.15, -0.1) is 0 Å². The number of hydrogen-bond donors (Lipinski definition) is 5. The molecule has 3 atom stereocenters. The lowest BCUT2D eigenvalue weighted by Crippen LogP contribution is -2.54. The average molecular weight is 824 g/mol.